The predicted molar refractivity (Wildman–Crippen MR) is 142 cm³/mol. The van der Waals surface area contributed by atoms with Gasteiger partial charge in [0.25, 0.3) is 11.5 Å². The first-order valence-electron chi connectivity index (χ1n) is 13.1. The Morgan fingerprint density at radius 2 is 1.82 bits per heavy atom. The second-order valence-electron chi connectivity index (χ2n) is 9.26. The highest BCUT2D eigenvalue weighted by molar-refractivity contribution is 5.93. The molecule has 9 nitrogen and oxygen atoms in total. The zero-order chi connectivity index (χ0) is 26.5. The fourth-order valence-corrected chi connectivity index (χ4v) is 4.95. The van der Waals surface area contributed by atoms with Gasteiger partial charge in [-0.05, 0) is 50.1 Å². The minimum absolute atomic E-state index is 0.0215. The van der Waals surface area contributed by atoms with Crippen LogP contribution in [-0.4, -0.2) is 39.0 Å². The van der Waals surface area contributed by atoms with Crippen LogP contribution in [0, 0.1) is 0 Å². The summed E-state index contributed by atoms with van der Waals surface area (Å²) >= 11 is 0. The summed E-state index contributed by atoms with van der Waals surface area (Å²) in [5, 5.41) is 0.279. The number of hydrogen-bond donors (Lipinski definition) is 0. The number of carbonyl (C=O) groups excluding carboxylic acids is 2. The molecule has 1 amide bonds. The number of nitrogens with zero attached hydrogens (tertiary/aromatic N) is 4. The van der Waals surface area contributed by atoms with Crippen molar-refractivity contribution in [1.29, 1.82) is 0 Å². The predicted octanol–water partition coefficient (Wildman–Crippen LogP) is 4.23. The van der Waals surface area contributed by atoms with Crippen LogP contribution in [0.2, 0.25) is 0 Å². The topological polar surface area (TPSA) is 104 Å². The summed E-state index contributed by atoms with van der Waals surface area (Å²) in [7, 11) is 0. The molecule has 1 aliphatic rings. The van der Waals surface area contributed by atoms with E-state index in [1.54, 1.807) is 25.3 Å². The molecule has 5 rings (SSSR count). The van der Waals surface area contributed by atoms with Gasteiger partial charge in [-0.1, -0.05) is 43.5 Å². The number of pyridine rings is 2. The first-order valence-corrected chi connectivity index (χ1v) is 13.1. The molecule has 196 valence electrons. The van der Waals surface area contributed by atoms with Gasteiger partial charge < -0.3 is 14.0 Å². The van der Waals surface area contributed by atoms with Gasteiger partial charge in [-0.3, -0.25) is 14.0 Å². The zero-order valence-electron chi connectivity index (χ0n) is 21.3. The lowest BCUT2D eigenvalue weighted by Gasteiger charge is -2.27. The van der Waals surface area contributed by atoms with E-state index in [9.17, 15) is 14.4 Å². The first-order chi connectivity index (χ1) is 18.6. The maximum Gasteiger partial charge on any atom is 0.341 e. The molecule has 0 unspecified atom stereocenters. The summed E-state index contributed by atoms with van der Waals surface area (Å²) in [6, 6.07) is 16.0. The second kappa shape index (κ2) is 11.4. The monoisotopic (exact) mass is 514 g/mol. The SMILES string of the molecule is CCOC(=O)c1cc2c(=O)n3ccccc3nc2n(C2CCCCC2)c1=NC(=O)CCOc1ccccc1. The number of rotatable bonds is 7. The van der Waals surface area contributed by atoms with Gasteiger partial charge in [0.1, 0.15) is 22.6 Å². The standard InChI is InChI=1S/C29H30N4O5/c1-2-37-29(36)23-19-22-26(30-24-15-9-10-17-32(24)28(22)35)33(20-11-5-3-6-12-20)27(23)31-25(34)16-18-38-21-13-7-4-8-14-21/h4,7-10,13-15,17,19-20H,2-3,5-6,11-12,16,18H2,1H3. The molecule has 0 aliphatic heterocycles. The number of hydrogen-bond acceptors (Lipinski definition) is 6. The molecule has 0 N–H and O–H groups in total. The van der Waals surface area contributed by atoms with Gasteiger partial charge in [0.15, 0.2) is 5.49 Å². The minimum Gasteiger partial charge on any atom is -0.493 e. The normalized spacial score (nSPS) is 14.6. The number of para-hydroxylation sites is 1. The van der Waals surface area contributed by atoms with Gasteiger partial charge in [-0.2, -0.15) is 4.99 Å². The molecule has 0 saturated heterocycles. The highest BCUT2D eigenvalue weighted by Gasteiger charge is 2.25. The smallest absolute Gasteiger partial charge is 0.341 e. The fraction of sp³-hybridized carbons (Fsp3) is 0.345. The molecular formula is C29H30N4O5. The summed E-state index contributed by atoms with van der Waals surface area (Å²) in [6.45, 7) is 2.00. The molecule has 0 bridgehead atoms. The van der Waals surface area contributed by atoms with Crippen molar-refractivity contribution >= 4 is 28.6 Å². The van der Waals surface area contributed by atoms with Crippen LogP contribution in [0.1, 0.15) is 61.8 Å². The summed E-state index contributed by atoms with van der Waals surface area (Å²) in [5.41, 5.74) is 0.854. The van der Waals surface area contributed by atoms with Gasteiger partial charge in [0.05, 0.1) is 25.0 Å². The number of carbonyl (C=O) groups is 2. The van der Waals surface area contributed by atoms with Crippen LogP contribution in [0.3, 0.4) is 0 Å². The van der Waals surface area contributed by atoms with Crippen LogP contribution in [0.4, 0.5) is 0 Å². The van der Waals surface area contributed by atoms with Crippen LogP contribution < -0.4 is 15.8 Å². The molecule has 38 heavy (non-hydrogen) atoms. The average molecular weight is 515 g/mol. The van der Waals surface area contributed by atoms with Gasteiger partial charge >= 0.3 is 5.97 Å². The molecule has 0 radical (unpaired) electrons. The Morgan fingerprint density at radius 1 is 1.05 bits per heavy atom. The number of ether oxygens (including phenoxy) is 2. The van der Waals surface area contributed by atoms with Crippen molar-refractivity contribution in [3.63, 3.8) is 0 Å². The second-order valence-corrected chi connectivity index (χ2v) is 9.26. The van der Waals surface area contributed by atoms with E-state index in [2.05, 4.69) is 4.99 Å². The Bertz CT molecular complexity index is 1600. The lowest BCUT2D eigenvalue weighted by atomic mass is 9.94. The van der Waals surface area contributed by atoms with Crippen molar-refractivity contribution < 1.29 is 19.1 Å². The van der Waals surface area contributed by atoms with Crippen molar-refractivity contribution in [2.24, 2.45) is 4.99 Å². The molecule has 4 aromatic rings. The zero-order valence-corrected chi connectivity index (χ0v) is 21.3. The summed E-state index contributed by atoms with van der Waals surface area (Å²) in [6.07, 6.45) is 6.42. The van der Waals surface area contributed by atoms with E-state index >= 15 is 0 Å². The van der Waals surface area contributed by atoms with Gasteiger partial charge in [0.2, 0.25) is 0 Å². The lowest BCUT2D eigenvalue weighted by Crippen LogP contribution is -2.35. The van der Waals surface area contributed by atoms with Crippen molar-refractivity contribution in [2.75, 3.05) is 13.2 Å². The molecule has 3 heterocycles. The van der Waals surface area contributed by atoms with Gasteiger partial charge in [-0.15, -0.1) is 0 Å². The molecular weight excluding hydrogens is 484 g/mol. The number of amides is 1. The maximum atomic E-state index is 13.5. The van der Waals surface area contributed by atoms with E-state index in [0.29, 0.717) is 17.0 Å². The van der Waals surface area contributed by atoms with Gasteiger partial charge in [0, 0.05) is 12.2 Å². The van der Waals surface area contributed by atoms with E-state index in [-0.39, 0.29) is 47.7 Å². The van der Waals surface area contributed by atoms with Crippen LogP contribution in [0.15, 0.2) is 70.6 Å². The van der Waals surface area contributed by atoms with Crippen LogP contribution in [0.25, 0.3) is 16.7 Å². The van der Waals surface area contributed by atoms with Crippen molar-refractivity contribution in [3.05, 3.63) is 82.2 Å². The van der Waals surface area contributed by atoms with Crippen LogP contribution >= 0.6 is 0 Å². The van der Waals surface area contributed by atoms with E-state index in [4.69, 9.17) is 14.5 Å². The molecule has 9 heteroatoms. The highest BCUT2D eigenvalue weighted by atomic mass is 16.5. The van der Waals surface area contributed by atoms with Crippen molar-refractivity contribution in [3.8, 4) is 5.75 Å². The number of fused-ring (bicyclic) bond motifs is 2. The number of benzene rings is 1. The Hall–Kier alpha value is -4.27. The summed E-state index contributed by atoms with van der Waals surface area (Å²) in [4.78, 5) is 49.0. The number of esters is 1. The molecule has 1 aliphatic carbocycles. The van der Waals surface area contributed by atoms with E-state index in [1.807, 2.05) is 41.0 Å². The fourth-order valence-electron chi connectivity index (χ4n) is 4.95. The third-order valence-corrected chi connectivity index (χ3v) is 6.73. The Morgan fingerprint density at radius 3 is 2.58 bits per heavy atom. The van der Waals surface area contributed by atoms with Gasteiger partial charge in [-0.25, -0.2) is 9.78 Å². The molecule has 0 spiro atoms. The highest BCUT2D eigenvalue weighted by Crippen LogP contribution is 2.29. The molecule has 3 aromatic heterocycles. The third kappa shape index (κ3) is 5.22. The van der Waals surface area contributed by atoms with Crippen LogP contribution in [0.5, 0.6) is 5.75 Å². The lowest BCUT2D eigenvalue weighted by molar-refractivity contribution is -0.118. The Labute approximate surface area is 219 Å². The van der Waals surface area contributed by atoms with E-state index < -0.39 is 11.9 Å². The van der Waals surface area contributed by atoms with E-state index in [1.165, 1.54) is 10.5 Å². The third-order valence-electron chi connectivity index (χ3n) is 6.73. The van der Waals surface area contributed by atoms with Crippen molar-refractivity contribution in [1.82, 2.24) is 14.0 Å². The largest absolute Gasteiger partial charge is 0.493 e. The Balaban J connectivity index is 1.68. The average Bonchev–Trinajstić information content (AvgIpc) is 2.94. The quantitative estimate of drug-likeness (QED) is 0.270. The Kier molecular flexibility index (Phi) is 7.62. The summed E-state index contributed by atoms with van der Waals surface area (Å²) in [5.74, 6) is -0.413. The van der Waals surface area contributed by atoms with Crippen LogP contribution in [-0.2, 0) is 9.53 Å². The number of aromatic nitrogens is 3. The van der Waals surface area contributed by atoms with E-state index in [0.717, 1.165) is 32.1 Å². The molecule has 1 aromatic carbocycles. The molecule has 0 atom stereocenters. The molecule has 1 saturated carbocycles. The minimum atomic E-state index is -0.636. The maximum absolute atomic E-state index is 13.5. The molecule has 1 fully saturated rings. The summed E-state index contributed by atoms with van der Waals surface area (Å²) < 4.78 is 14.3. The first kappa shape index (κ1) is 25.4. The van der Waals surface area contributed by atoms with Crippen molar-refractivity contribution in [2.45, 2.75) is 51.5 Å².